The molecule has 1 N–H and O–H groups in total. The van der Waals surface area contributed by atoms with Crippen LogP contribution in [0.5, 0.6) is 0 Å². The average molecular weight is 336 g/mol. The second-order valence-electron chi connectivity index (χ2n) is 6.52. The third-order valence-electron chi connectivity index (χ3n) is 4.42. The summed E-state index contributed by atoms with van der Waals surface area (Å²) in [7, 11) is 0. The lowest BCUT2D eigenvalue weighted by Crippen LogP contribution is -2.42. The van der Waals surface area contributed by atoms with Crippen LogP contribution in [0.1, 0.15) is 49.9 Å². The molecule has 23 heavy (non-hydrogen) atoms. The van der Waals surface area contributed by atoms with Crippen LogP contribution in [0.2, 0.25) is 5.02 Å². The lowest BCUT2D eigenvalue weighted by Gasteiger charge is -2.38. The Labute approximate surface area is 141 Å². The van der Waals surface area contributed by atoms with Crippen molar-refractivity contribution in [3.05, 3.63) is 46.6 Å². The highest BCUT2D eigenvalue weighted by Crippen LogP contribution is 2.33. The Bertz CT molecular complexity index is 646. The summed E-state index contributed by atoms with van der Waals surface area (Å²) in [6.45, 7) is 6.30. The van der Waals surface area contributed by atoms with Crippen molar-refractivity contribution in [2.24, 2.45) is 0 Å². The monoisotopic (exact) mass is 335 g/mol. The van der Waals surface area contributed by atoms with Crippen LogP contribution in [0, 0.1) is 0 Å². The van der Waals surface area contributed by atoms with Crippen LogP contribution >= 0.6 is 11.6 Å². The summed E-state index contributed by atoms with van der Waals surface area (Å²) in [6, 6.07) is 7.47. The molecular weight excluding hydrogens is 314 g/mol. The number of benzene rings is 1. The van der Waals surface area contributed by atoms with Crippen molar-refractivity contribution in [2.75, 3.05) is 13.1 Å². The molecule has 6 heteroatoms. The van der Waals surface area contributed by atoms with Crippen LogP contribution in [0.4, 0.5) is 0 Å². The maximum Gasteiger partial charge on any atom is 0.240 e. The first-order chi connectivity index (χ1) is 11.0. The third-order valence-corrected chi connectivity index (χ3v) is 4.68. The summed E-state index contributed by atoms with van der Waals surface area (Å²) < 4.78 is 5.30. The molecule has 124 valence electrons. The molecule has 2 heterocycles. The molecule has 1 saturated heterocycles. The lowest BCUT2D eigenvalue weighted by atomic mass is 9.84. The van der Waals surface area contributed by atoms with Gasteiger partial charge >= 0.3 is 0 Å². The zero-order valence-electron chi connectivity index (χ0n) is 13.5. The van der Waals surface area contributed by atoms with Gasteiger partial charge in [-0.3, -0.25) is 4.90 Å². The first-order valence-electron chi connectivity index (χ1n) is 7.99. The van der Waals surface area contributed by atoms with E-state index in [-0.39, 0.29) is 5.92 Å². The SMILES string of the molecule is CC(C)c1noc(CN2CCC(O)(c3ccc(Cl)cc3)CC2)n1. The number of nitrogens with zero attached hydrogens (tertiary/aromatic N) is 3. The number of halogens is 1. The molecule has 0 aliphatic carbocycles. The van der Waals surface area contributed by atoms with Crippen LogP contribution < -0.4 is 0 Å². The average Bonchev–Trinajstić information content (AvgIpc) is 2.99. The van der Waals surface area contributed by atoms with Gasteiger partial charge in [-0.25, -0.2) is 0 Å². The van der Waals surface area contributed by atoms with Gasteiger partial charge < -0.3 is 9.63 Å². The number of piperidine rings is 1. The van der Waals surface area contributed by atoms with Crippen molar-refractivity contribution in [1.82, 2.24) is 15.0 Å². The predicted molar refractivity (Wildman–Crippen MR) is 88.2 cm³/mol. The normalized spacial score (nSPS) is 18.5. The minimum absolute atomic E-state index is 0.267. The number of aliphatic hydroxyl groups is 1. The maximum atomic E-state index is 10.9. The van der Waals surface area contributed by atoms with Gasteiger partial charge in [0, 0.05) is 24.0 Å². The Morgan fingerprint density at radius 1 is 1.26 bits per heavy atom. The molecule has 0 amide bonds. The smallest absolute Gasteiger partial charge is 0.240 e. The van der Waals surface area contributed by atoms with E-state index >= 15 is 0 Å². The van der Waals surface area contributed by atoms with Gasteiger partial charge in [0.2, 0.25) is 5.89 Å². The van der Waals surface area contributed by atoms with Gasteiger partial charge in [0.05, 0.1) is 12.1 Å². The second kappa shape index (κ2) is 6.59. The van der Waals surface area contributed by atoms with E-state index in [9.17, 15) is 5.11 Å². The first-order valence-corrected chi connectivity index (χ1v) is 8.37. The van der Waals surface area contributed by atoms with Gasteiger partial charge in [-0.1, -0.05) is 42.7 Å². The number of likely N-dealkylation sites (tertiary alicyclic amines) is 1. The van der Waals surface area contributed by atoms with Crippen molar-refractivity contribution in [3.63, 3.8) is 0 Å². The van der Waals surface area contributed by atoms with Crippen molar-refractivity contribution in [1.29, 1.82) is 0 Å². The van der Waals surface area contributed by atoms with E-state index in [2.05, 4.69) is 15.0 Å². The van der Waals surface area contributed by atoms with Crippen LogP contribution in [0.15, 0.2) is 28.8 Å². The fourth-order valence-electron chi connectivity index (χ4n) is 2.89. The molecule has 1 fully saturated rings. The molecule has 3 rings (SSSR count). The van der Waals surface area contributed by atoms with Crippen LogP contribution in [0.25, 0.3) is 0 Å². The van der Waals surface area contributed by atoms with Crippen molar-refractivity contribution < 1.29 is 9.63 Å². The van der Waals surface area contributed by atoms with Gasteiger partial charge in [-0.05, 0) is 30.5 Å². The summed E-state index contributed by atoms with van der Waals surface area (Å²) >= 11 is 5.92. The molecule has 1 aromatic heterocycles. The predicted octanol–water partition coefficient (Wildman–Crippen LogP) is 3.33. The van der Waals surface area contributed by atoms with Crippen LogP contribution in [0.3, 0.4) is 0 Å². The second-order valence-corrected chi connectivity index (χ2v) is 6.95. The van der Waals surface area contributed by atoms with Crippen LogP contribution in [-0.4, -0.2) is 33.2 Å². The molecule has 0 spiro atoms. The standard InChI is InChI=1S/C17H22ClN3O2/c1-12(2)16-19-15(23-20-16)11-21-9-7-17(22,8-10-21)13-3-5-14(18)6-4-13/h3-6,12,22H,7-11H2,1-2H3. The fraction of sp³-hybridized carbons (Fsp3) is 0.529. The molecular formula is C17H22ClN3O2. The number of rotatable bonds is 4. The van der Waals surface area contributed by atoms with Gasteiger partial charge in [0.1, 0.15) is 0 Å². The zero-order chi connectivity index (χ0) is 16.4. The molecule has 0 radical (unpaired) electrons. The largest absolute Gasteiger partial charge is 0.385 e. The van der Waals surface area contributed by atoms with Gasteiger partial charge in [-0.15, -0.1) is 0 Å². The van der Waals surface area contributed by atoms with Crippen LogP contribution in [-0.2, 0) is 12.1 Å². The summed E-state index contributed by atoms with van der Waals surface area (Å²) in [5.41, 5.74) is 0.153. The maximum absolute atomic E-state index is 10.9. The summed E-state index contributed by atoms with van der Waals surface area (Å²) in [6.07, 6.45) is 1.36. The molecule has 0 saturated carbocycles. The Hall–Kier alpha value is -1.43. The highest BCUT2D eigenvalue weighted by atomic mass is 35.5. The minimum atomic E-state index is -0.779. The fourth-order valence-corrected chi connectivity index (χ4v) is 3.01. The Morgan fingerprint density at radius 2 is 1.91 bits per heavy atom. The van der Waals surface area contributed by atoms with Gasteiger partial charge in [0.15, 0.2) is 5.82 Å². The van der Waals surface area contributed by atoms with E-state index in [1.807, 2.05) is 38.1 Å². The van der Waals surface area contributed by atoms with E-state index in [0.29, 0.717) is 30.3 Å². The molecule has 0 bridgehead atoms. The minimum Gasteiger partial charge on any atom is -0.385 e. The molecule has 2 aromatic rings. The molecule has 0 unspecified atom stereocenters. The Balaban J connectivity index is 1.60. The number of hydrogen-bond acceptors (Lipinski definition) is 5. The van der Waals surface area contributed by atoms with Gasteiger partial charge in [0.25, 0.3) is 0 Å². The summed E-state index contributed by atoms with van der Waals surface area (Å²) in [4.78, 5) is 6.65. The lowest BCUT2D eigenvalue weighted by molar-refractivity contribution is -0.0295. The van der Waals surface area contributed by atoms with Crippen molar-refractivity contribution >= 4 is 11.6 Å². The molecule has 5 nitrogen and oxygen atoms in total. The van der Waals surface area contributed by atoms with E-state index in [0.717, 1.165) is 24.5 Å². The summed E-state index contributed by atoms with van der Waals surface area (Å²) in [5, 5.41) is 15.6. The summed E-state index contributed by atoms with van der Waals surface area (Å²) in [5.74, 6) is 1.66. The van der Waals surface area contributed by atoms with Crippen molar-refractivity contribution in [3.8, 4) is 0 Å². The third kappa shape index (κ3) is 3.74. The molecule has 0 atom stereocenters. The molecule has 1 aliphatic heterocycles. The Kier molecular flexibility index (Phi) is 4.71. The van der Waals surface area contributed by atoms with E-state index in [4.69, 9.17) is 16.1 Å². The highest BCUT2D eigenvalue weighted by molar-refractivity contribution is 6.30. The van der Waals surface area contributed by atoms with E-state index in [1.165, 1.54) is 0 Å². The first kappa shape index (κ1) is 16.4. The molecule has 1 aliphatic rings. The highest BCUT2D eigenvalue weighted by Gasteiger charge is 2.34. The van der Waals surface area contributed by atoms with E-state index in [1.54, 1.807) is 0 Å². The topological polar surface area (TPSA) is 62.4 Å². The van der Waals surface area contributed by atoms with E-state index < -0.39 is 5.60 Å². The van der Waals surface area contributed by atoms with Crippen molar-refractivity contribution in [2.45, 2.75) is 44.8 Å². The zero-order valence-corrected chi connectivity index (χ0v) is 14.3. The van der Waals surface area contributed by atoms with Gasteiger partial charge in [-0.2, -0.15) is 4.98 Å². The quantitative estimate of drug-likeness (QED) is 0.928. The number of hydrogen-bond donors (Lipinski definition) is 1. The Morgan fingerprint density at radius 3 is 2.48 bits per heavy atom. The molecule has 1 aromatic carbocycles. The number of aromatic nitrogens is 2.